The summed E-state index contributed by atoms with van der Waals surface area (Å²) in [6, 6.07) is 11.4. The number of piperidine rings is 1. The summed E-state index contributed by atoms with van der Waals surface area (Å²) in [6.45, 7) is 6.90. The molecule has 2 saturated heterocycles. The zero-order valence-electron chi connectivity index (χ0n) is 18.6. The van der Waals surface area contributed by atoms with E-state index in [-0.39, 0.29) is 0 Å². The second kappa shape index (κ2) is 10.9. The summed E-state index contributed by atoms with van der Waals surface area (Å²) in [5.41, 5.74) is 1.76. The Kier molecular flexibility index (Phi) is 7.96. The van der Waals surface area contributed by atoms with Crippen LogP contribution in [0.15, 0.2) is 35.3 Å². The van der Waals surface area contributed by atoms with Gasteiger partial charge in [0.2, 0.25) is 0 Å². The van der Waals surface area contributed by atoms with Gasteiger partial charge in [-0.05, 0) is 31.2 Å². The summed E-state index contributed by atoms with van der Waals surface area (Å²) in [7, 11) is 1.92. The maximum absolute atomic E-state index is 4.56. The average molecular weight is 430 g/mol. The fourth-order valence-corrected chi connectivity index (χ4v) is 6.29. The molecule has 6 heteroatoms. The molecule has 0 radical (unpaired) electrons. The molecular formula is C24H39N5S. The van der Waals surface area contributed by atoms with Crippen molar-refractivity contribution in [3.63, 3.8) is 0 Å². The number of rotatable bonds is 6. The van der Waals surface area contributed by atoms with Gasteiger partial charge >= 0.3 is 0 Å². The van der Waals surface area contributed by atoms with Crippen LogP contribution in [0.2, 0.25) is 0 Å². The quantitative estimate of drug-likeness (QED) is 0.537. The highest BCUT2D eigenvalue weighted by Crippen LogP contribution is 2.36. The number of nitrogens with one attached hydrogen (secondary N) is 2. The Labute approximate surface area is 187 Å². The SMILES string of the molecule is CN=C(NCC1(N2CCSCC2)CCCC1)NC1CCN(Cc2ccccc2)CC1. The Bertz CT molecular complexity index is 659. The Balaban J connectivity index is 1.24. The molecule has 2 heterocycles. The molecule has 2 N–H and O–H groups in total. The molecule has 166 valence electrons. The first-order valence-electron chi connectivity index (χ1n) is 11.8. The summed E-state index contributed by atoms with van der Waals surface area (Å²) >= 11 is 2.11. The minimum Gasteiger partial charge on any atom is -0.355 e. The fourth-order valence-electron chi connectivity index (χ4n) is 5.39. The number of hydrogen-bond acceptors (Lipinski definition) is 4. The van der Waals surface area contributed by atoms with Crippen LogP contribution in [0.25, 0.3) is 0 Å². The van der Waals surface area contributed by atoms with Crippen molar-refractivity contribution < 1.29 is 0 Å². The third-order valence-electron chi connectivity index (χ3n) is 7.20. The third-order valence-corrected chi connectivity index (χ3v) is 8.14. The molecule has 1 saturated carbocycles. The van der Waals surface area contributed by atoms with Crippen molar-refractivity contribution in [3.8, 4) is 0 Å². The molecule has 30 heavy (non-hydrogen) atoms. The number of hydrogen-bond donors (Lipinski definition) is 2. The Morgan fingerprint density at radius 3 is 2.43 bits per heavy atom. The first-order valence-corrected chi connectivity index (χ1v) is 13.0. The van der Waals surface area contributed by atoms with Crippen LogP contribution < -0.4 is 10.6 Å². The number of nitrogens with zero attached hydrogens (tertiary/aromatic N) is 3. The van der Waals surface area contributed by atoms with Crippen LogP contribution in [0.1, 0.15) is 44.1 Å². The van der Waals surface area contributed by atoms with Gasteiger partial charge in [0, 0.05) is 69.4 Å². The van der Waals surface area contributed by atoms with Crippen LogP contribution in [0.5, 0.6) is 0 Å². The lowest BCUT2D eigenvalue weighted by Gasteiger charge is -2.44. The molecule has 0 amide bonds. The highest BCUT2D eigenvalue weighted by atomic mass is 32.2. The van der Waals surface area contributed by atoms with Gasteiger partial charge in [-0.1, -0.05) is 43.2 Å². The number of thioether (sulfide) groups is 1. The van der Waals surface area contributed by atoms with E-state index < -0.39 is 0 Å². The van der Waals surface area contributed by atoms with Crippen LogP contribution >= 0.6 is 11.8 Å². The molecule has 0 atom stereocenters. The van der Waals surface area contributed by atoms with E-state index in [1.54, 1.807) is 0 Å². The maximum atomic E-state index is 4.56. The number of aliphatic imine (C=N–C) groups is 1. The Morgan fingerprint density at radius 2 is 1.77 bits per heavy atom. The molecule has 0 unspecified atom stereocenters. The highest BCUT2D eigenvalue weighted by Gasteiger charge is 2.40. The van der Waals surface area contributed by atoms with E-state index in [1.807, 2.05) is 7.05 Å². The van der Waals surface area contributed by atoms with E-state index in [4.69, 9.17) is 0 Å². The van der Waals surface area contributed by atoms with Gasteiger partial charge in [0.15, 0.2) is 5.96 Å². The zero-order chi connectivity index (χ0) is 20.7. The lowest BCUT2D eigenvalue weighted by molar-refractivity contribution is 0.107. The van der Waals surface area contributed by atoms with E-state index in [9.17, 15) is 0 Å². The minimum atomic E-state index is 0.345. The second-order valence-corrected chi connectivity index (χ2v) is 10.4. The predicted molar refractivity (Wildman–Crippen MR) is 129 cm³/mol. The summed E-state index contributed by atoms with van der Waals surface area (Å²) in [4.78, 5) is 9.92. The normalized spacial score (nSPS) is 24.1. The van der Waals surface area contributed by atoms with E-state index in [1.165, 1.54) is 68.7 Å². The molecule has 5 nitrogen and oxygen atoms in total. The van der Waals surface area contributed by atoms with E-state index in [2.05, 4.69) is 67.5 Å². The van der Waals surface area contributed by atoms with Crippen molar-refractivity contribution in [1.82, 2.24) is 20.4 Å². The van der Waals surface area contributed by atoms with Crippen LogP contribution in [0.3, 0.4) is 0 Å². The van der Waals surface area contributed by atoms with Gasteiger partial charge in [-0.2, -0.15) is 11.8 Å². The Hall–Kier alpha value is -1.24. The predicted octanol–water partition coefficient (Wildman–Crippen LogP) is 3.18. The van der Waals surface area contributed by atoms with Crippen molar-refractivity contribution in [1.29, 1.82) is 0 Å². The molecule has 4 rings (SSSR count). The number of benzene rings is 1. The van der Waals surface area contributed by atoms with Crippen LogP contribution in [-0.2, 0) is 6.54 Å². The molecule has 0 aromatic heterocycles. The summed E-state index contributed by atoms with van der Waals surface area (Å²) in [5, 5.41) is 7.45. The molecule has 0 bridgehead atoms. The van der Waals surface area contributed by atoms with E-state index >= 15 is 0 Å². The van der Waals surface area contributed by atoms with Gasteiger partial charge in [-0.25, -0.2) is 0 Å². The second-order valence-electron chi connectivity index (χ2n) is 9.14. The molecule has 3 aliphatic rings. The van der Waals surface area contributed by atoms with Gasteiger partial charge in [0.05, 0.1) is 0 Å². The van der Waals surface area contributed by atoms with Crippen molar-refractivity contribution in [2.24, 2.45) is 4.99 Å². The lowest BCUT2D eigenvalue weighted by atomic mass is 9.94. The summed E-state index contributed by atoms with van der Waals surface area (Å²) < 4.78 is 0. The molecular weight excluding hydrogens is 390 g/mol. The van der Waals surface area contributed by atoms with Crippen LogP contribution in [0, 0.1) is 0 Å². The minimum absolute atomic E-state index is 0.345. The summed E-state index contributed by atoms with van der Waals surface area (Å²) in [6.07, 6.45) is 7.78. The van der Waals surface area contributed by atoms with Crippen molar-refractivity contribution in [2.75, 3.05) is 51.3 Å². The molecule has 1 aromatic rings. The number of guanidine groups is 1. The molecule has 2 aliphatic heterocycles. The van der Waals surface area contributed by atoms with E-state index in [0.717, 1.165) is 32.1 Å². The first kappa shape index (κ1) is 22.0. The standard InChI is InChI=1S/C24H39N5S/c1-25-23(26-20-24(11-5-6-12-24)29-15-17-30-18-16-29)27-22-9-13-28(14-10-22)19-21-7-3-2-4-8-21/h2-4,7-8,22H,5-6,9-20H2,1H3,(H2,25,26,27). The molecule has 1 aliphatic carbocycles. The molecule has 1 aromatic carbocycles. The topological polar surface area (TPSA) is 42.9 Å². The fraction of sp³-hybridized carbons (Fsp3) is 0.708. The third kappa shape index (κ3) is 5.71. The smallest absolute Gasteiger partial charge is 0.191 e. The Morgan fingerprint density at radius 1 is 1.07 bits per heavy atom. The molecule has 3 fully saturated rings. The number of likely N-dealkylation sites (tertiary alicyclic amines) is 1. The van der Waals surface area contributed by atoms with Gasteiger partial charge < -0.3 is 10.6 Å². The van der Waals surface area contributed by atoms with Gasteiger partial charge in [0.25, 0.3) is 0 Å². The van der Waals surface area contributed by atoms with Crippen LogP contribution in [-0.4, -0.2) is 78.6 Å². The monoisotopic (exact) mass is 429 g/mol. The van der Waals surface area contributed by atoms with Crippen LogP contribution in [0.4, 0.5) is 0 Å². The van der Waals surface area contributed by atoms with Crippen molar-refractivity contribution >= 4 is 17.7 Å². The largest absolute Gasteiger partial charge is 0.355 e. The lowest BCUT2D eigenvalue weighted by Crippen LogP contribution is -2.58. The van der Waals surface area contributed by atoms with Gasteiger partial charge in [-0.15, -0.1) is 0 Å². The summed E-state index contributed by atoms with van der Waals surface area (Å²) in [5.74, 6) is 3.57. The van der Waals surface area contributed by atoms with Gasteiger partial charge in [0.1, 0.15) is 0 Å². The van der Waals surface area contributed by atoms with Gasteiger partial charge in [-0.3, -0.25) is 14.8 Å². The van der Waals surface area contributed by atoms with Crippen molar-refractivity contribution in [2.45, 2.75) is 56.7 Å². The maximum Gasteiger partial charge on any atom is 0.191 e. The molecule has 0 spiro atoms. The first-order chi connectivity index (χ1) is 14.8. The zero-order valence-corrected chi connectivity index (χ0v) is 19.4. The highest BCUT2D eigenvalue weighted by molar-refractivity contribution is 7.99. The van der Waals surface area contributed by atoms with E-state index in [0.29, 0.717) is 11.6 Å². The average Bonchev–Trinajstić information content (AvgIpc) is 3.29. The van der Waals surface area contributed by atoms with Crippen molar-refractivity contribution in [3.05, 3.63) is 35.9 Å².